The van der Waals surface area contributed by atoms with E-state index in [0.717, 1.165) is 11.1 Å². The van der Waals surface area contributed by atoms with E-state index >= 15 is 0 Å². The van der Waals surface area contributed by atoms with Gasteiger partial charge >= 0.3 is 5.63 Å². The Labute approximate surface area is 146 Å². The Morgan fingerprint density at radius 3 is 2.75 bits per heavy atom. The summed E-state index contributed by atoms with van der Waals surface area (Å²) in [5.74, 6) is 0. The lowest BCUT2D eigenvalue weighted by Gasteiger charge is -2.04. The molecule has 0 unspecified atom stereocenters. The van der Waals surface area contributed by atoms with Gasteiger partial charge in [-0.15, -0.1) is 11.3 Å². The van der Waals surface area contributed by atoms with Gasteiger partial charge < -0.3 is 9.73 Å². The van der Waals surface area contributed by atoms with Crippen molar-refractivity contribution in [2.24, 2.45) is 0 Å². The molecule has 118 valence electrons. The number of thiazole rings is 1. The molecule has 4 rings (SSSR count). The predicted molar refractivity (Wildman–Crippen MR) is 98.3 cm³/mol. The lowest BCUT2D eigenvalue weighted by molar-refractivity contribution is 0.563. The third kappa shape index (κ3) is 2.79. The van der Waals surface area contributed by atoms with Gasteiger partial charge in [0, 0.05) is 10.8 Å². The van der Waals surface area contributed by atoms with E-state index in [0.29, 0.717) is 27.0 Å². The first-order chi connectivity index (χ1) is 11.7. The van der Waals surface area contributed by atoms with Crippen molar-refractivity contribution in [3.63, 3.8) is 0 Å². The summed E-state index contributed by atoms with van der Waals surface area (Å²) in [4.78, 5) is 16.7. The first kappa shape index (κ1) is 14.9. The molecule has 1 N–H and O–H groups in total. The molecule has 0 aliphatic heterocycles. The number of nitrogens with zero attached hydrogens (tertiary/aromatic N) is 1. The normalized spacial score (nSPS) is 10.9. The number of aromatic nitrogens is 1. The third-order valence-corrected chi connectivity index (χ3v) is 4.62. The highest BCUT2D eigenvalue weighted by molar-refractivity contribution is 7.14. The fraction of sp³-hybridized carbons (Fsp3) is 0. The first-order valence-electron chi connectivity index (χ1n) is 7.21. The zero-order valence-electron chi connectivity index (χ0n) is 12.3. The van der Waals surface area contributed by atoms with Crippen molar-refractivity contribution >= 4 is 44.7 Å². The summed E-state index contributed by atoms with van der Waals surface area (Å²) < 4.78 is 5.36. The molecule has 0 atom stereocenters. The van der Waals surface area contributed by atoms with Crippen LogP contribution < -0.4 is 10.9 Å². The SMILES string of the molecule is O=c1oc2ccccc2cc1-c1csc(Nc2ccccc2Cl)n1. The minimum atomic E-state index is -0.400. The van der Waals surface area contributed by atoms with Gasteiger partial charge in [-0.3, -0.25) is 0 Å². The number of fused-ring (bicyclic) bond motifs is 1. The fourth-order valence-electron chi connectivity index (χ4n) is 2.37. The molecule has 0 amide bonds. The van der Waals surface area contributed by atoms with Crippen LogP contribution in [-0.4, -0.2) is 4.98 Å². The largest absolute Gasteiger partial charge is 0.422 e. The molecule has 0 fully saturated rings. The Morgan fingerprint density at radius 2 is 1.88 bits per heavy atom. The van der Waals surface area contributed by atoms with Gasteiger partial charge in [-0.2, -0.15) is 0 Å². The highest BCUT2D eigenvalue weighted by Gasteiger charge is 2.12. The molecular formula is C18H11ClN2O2S. The van der Waals surface area contributed by atoms with Gasteiger partial charge in [0.05, 0.1) is 22.0 Å². The number of para-hydroxylation sites is 2. The summed E-state index contributed by atoms with van der Waals surface area (Å²) in [6.45, 7) is 0. The molecule has 0 aliphatic rings. The second-order valence-electron chi connectivity index (χ2n) is 5.13. The van der Waals surface area contributed by atoms with Crippen LogP contribution in [0, 0.1) is 0 Å². The summed E-state index contributed by atoms with van der Waals surface area (Å²) in [5.41, 5.74) is 1.95. The van der Waals surface area contributed by atoms with E-state index in [9.17, 15) is 4.79 Å². The summed E-state index contributed by atoms with van der Waals surface area (Å²) in [7, 11) is 0. The molecule has 0 spiro atoms. The van der Waals surface area contributed by atoms with Gasteiger partial charge in [0.1, 0.15) is 5.58 Å². The average Bonchev–Trinajstić information content (AvgIpc) is 3.04. The molecule has 4 nitrogen and oxygen atoms in total. The Balaban J connectivity index is 1.71. The highest BCUT2D eigenvalue weighted by atomic mass is 35.5. The minimum Gasteiger partial charge on any atom is -0.422 e. The summed E-state index contributed by atoms with van der Waals surface area (Å²) in [6.07, 6.45) is 0. The fourth-order valence-corrected chi connectivity index (χ4v) is 3.28. The van der Waals surface area contributed by atoms with Crippen LogP contribution in [0.5, 0.6) is 0 Å². The average molecular weight is 355 g/mol. The first-order valence-corrected chi connectivity index (χ1v) is 8.47. The molecule has 4 aromatic rings. The number of hydrogen-bond donors (Lipinski definition) is 1. The zero-order valence-corrected chi connectivity index (χ0v) is 13.9. The van der Waals surface area contributed by atoms with E-state index < -0.39 is 5.63 Å². The maximum absolute atomic E-state index is 12.2. The Kier molecular flexibility index (Phi) is 3.80. The lowest BCUT2D eigenvalue weighted by atomic mass is 10.1. The number of benzene rings is 2. The van der Waals surface area contributed by atoms with E-state index in [-0.39, 0.29) is 0 Å². The zero-order chi connectivity index (χ0) is 16.5. The molecule has 0 saturated carbocycles. The van der Waals surface area contributed by atoms with Gasteiger partial charge in [-0.1, -0.05) is 41.9 Å². The molecule has 0 saturated heterocycles. The van der Waals surface area contributed by atoms with E-state index in [1.165, 1.54) is 11.3 Å². The Bertz CT molecular complexity index is 1090. The second-order valence-corrected chi connectivity index (χ2v) is 6.39. The Morgan fingerprint density at radius 1 is 1.08 bits per heavy atom. The maximum Gasteiger partial charge on any atom is 0.345 e. The molecule has 0 bridgehead atoms. The van der Waals surface area contributed by atoms with Crippen LogP contribution in [-0.2, 0) is 0 Å². The van der Waals surface area contributed by atoms with Gasteiger partial charge in [-0.25, -0.2) is 9.78 Å². The van der Waals surface area contributed by atoms with Gasteiger partial charge in [0.15, 0.2) is 5.13 Å². The number of hydrogen-bond acceptors (Lipinski definition) is 5. The van der Waals surface area contributed by atoms with Crippen LogP contribution >= 0.6 is 22.9 Å². The highest BCUT2D eigenvalue weighted by Crippen LogP contribution is 2.29. The molecule has 2 aromatic heterocycles. The summed E-state index contributed by atoms with van der Waals surface area (Å²) >= 11 is 7.54. The molecule has 2 heterocycles. The summed E-state index contributed by atoms with van der Waals surface area (Å²) in [5, 5.41) is 7.11. The van der Waals surface area contributed by atoms with Crippen molar-refractivity contribution in [1.29, 1.82) is 0 Å². The van der Waals surface area contributed by atoms with Crippen LogP contribution in [0.25, 0.3) is 22.2 Å². The third-order valence-electron chi connectivity index (χ3n) is 3.54. The Hall–Kier alpha value is -2.63. The number of nitrogens with one attached hydrogen (secondary N) is 1. The van der Waals surface area contributed by atoms with E-state index in [1.54, 1.807) is 18.2 Å². The molecule has 0 radical (unpaired) electrons. The molecule has 0 aliphatic carbocycles. The number of halogens is 1. The van der Waals surface area contributed by atoms with Gasteiger partial charge in [0.25, 0.3) is 0 Å². The van der Waals surface area contributed by atoms with Crippen LogP contribution in [0.15, 0.2) is 69.2 Å². The predicted octanol–water partition coefficient (Wildman–Crippen LogP) is 5.31. The molecule has 2 aromatic carbocycles. The van der Waals surface area contributed by atoms with Crippen molar-refractivity contribution < 1.29 is 4.42 Å². The number of anilines is 2. The lowest BCUT2D eigenvalue weighted by Crippen LogP contribution is -2.02. The van der Waals surface area contributed by atoms with Crippen molar-refractivity contribution in [2.45, 2.75) is 0 Å². The van der Waals surface area contributed by atoms with Crippen molar-refractivity contribution in [3.8, 4) is 11.3 Å². The minimum absolute atomic E-state index is 0.400. The van der Waals surface area contributed by atoms with Crippen LogP contribution in [0.2, 0.25) is 5.02 Å². The standard InChI is InChI=1S/C18H11ClN2O2S/c19-13-6-2-3-7-14(13)20-18-21-15(10-24-18)12-9-11-5-1-4-8-16(11)23-17(12)22/h1-10H,(H,20,21). The van der Waals surface area contributed by atoms with Gasteiger partial charge in [-0.05, 0) is 24.3 Å². The molecule has 6 heteroatoms. The van der Waals surface area contributed by atoms with E-state index in [2.05, 4.69) is 10.3 Å². The van der Waals surface area contributed by atoms with Gasteiger partial charge in [0.2, 0.25) is 0 Å². The van der Waals surface area contributed by atoms with Crippen LogP contribution in [0.1, 0.15) is 0 Å². The van der Waals surface area contributed by atoms with Crippen LogP contribution in [0.3, 0.4) is 0 Å². The van der Waals surface area contributed by atoms with Crippen molar-refractivity contribution in [2.75, 3.05) is 5.32 Å². The van der Waals surface area contributed by atoms with Crippen LogP contribution in [0.4, 0.5) is 10.8 Å². The summed E-state index contributed by atoms with van der Waals surface area (Å²) in [6, 6.07) is 16.6. The molecule has 24 heavy (non-hydrogen) atoms. The maximum atomic E-state index is 12.2. The smallest absolute Gasteiger partial charge is 0.345 e. The van der Waals surface area contributed by atoms with Crippen molar-refractivity contribution in [1.82, 2.24) is 4.98 Å². The molecular weight excluding hydrogens is 344 g/mol. The quantitative estimate of drug-likeness (QED) is 0.506. The second kappa shape index (κ2) is 6.11. The van der Waals surface area contributed by atoms with E-state index in [4.69, 9.17) is 16.0 Å². The van der Waals surface area contributed by atoms with Crippen molar-refractivity contribution in [3.05, 3.63) is 75.4 Å². The topological polar surface area (TPSA) is 55.1 Å². The van der Waals surface area contributed by atoms with E-state index in [1.807, 2.05) is 41.8 Å². The monoisotopic (exact) mass is 354 g/mol. The number of rotatable bonds is 3.